The molecule has 0 aromatic heterocycles. The summed E-state index contributed by atoms with van der Waals surface area (Å²) in [5.74, 6) is -0.371. The molecule has 2 N–H and O–H groups in total. The van der Waals surface area contributed by atoms with E-state index in [4.69, 9.17) is 4.74 Å². The lowest BCUT2D eigenvalue weighted by Crippen LogP contribution is -2.50. The lowest BCUT2D eigenvalue weighted by atomic mass is 10.1. The zero-order valence-electron chi connectivity index (χ0n) is 12.9. The van der Waals surface area contributed by atoms with E-state index in [2.05, 4.69) is 10.7 Å². The van der Waals surface area contributed by atoms with Gasteiger partial charge in [-0.15, -0.1) is 0 Å². The van der Waals surface area contributed by atoms with Crippen molar-refractivity contribution in [1.29, 1.82) is 0 Å². The van der Waals surface area contributed by atoms with Gasteiger partial charge in [0, 0.05) is 19.6 Å². The van der Waals surface area contributed by atoms with Crippen molar-refractivity contribution in [3.63, 3.8) is 0 Å². The van der Waals surface area contributed by atoms with Gasteiger partial charge in [-0.3, -0.25) is 15.0 Å². The number of carbonyl (C=O) groups is 2. The van der Waals surface area contributed by atoms with Crippen molar-refractivity contribution in [3.8, 4) is 5.75 Å². The van der Waals surface area contributed by atoms with Crippen LogP contribution < -0.4 is 15.5 Å². The number of hydrazine groups is 1. The summed E-state index contributed by atoms with van der Waals surface area (Å²) in [6.45, 7) is 2.05. The van der Waals surface area contributed by atoms with Gasteiger partial charge >= 0.3 is 11.8 Å². The lowest BCUT2D eigenvalue weighted by Gasteiger charge is -2.26. The molecule has 1 aliphatic heterocycles. The summed E-state index contributed by atoms with van der Waals surface area (Å²) in [5, 5.41) is 4.45. The minimum absolute atomic E-state index is 0.429. The van der Waals surface area contributed by atoms with E-state index in [1.807, 2.05) is 29.3 Å². The van der Waals surface area contributed by atoms with E-state index in [-0.39, 0.29) is 0 Å². The molecule has 6 nitrogen and oxygen atoms in total. The number of rotatable bonds is 5. The first-order valence-corrected chi connectivity index (χ1v) is 7.66. The molecular weight excluding hydrogens is 282 g/mol. The highest BCUT2D eigenvalue weighted by Crippen LogP contribution is 2.11. The summed E-state index contributed by atoms with van der Waals surface area (Å²) >= 11 is 0. The number of ether oxygens (including phenoxy) is 1. The summed E-state index contributed by atoms with van der Waals surface area (Å²) < 4.78 is 5.09. The van der Waals surface area contributed by atoms with Crippen LogP contribution in [0.15, 0.2) is 24.3 Å². The summed E-state index contributed by atoms with van der Waals surface area (Å²) in [7, 11) is 1.62. The number of benzene rings is 1. The van der Waals surface area contributed by atoms with Gasteiger partial charge in [0.1, 0.15) is 5.75 Å². The van der Waals surface area contributed by atoms with Gasteiger partial charge in [-0.1, -0.05) is 18.6 Å². The first-order chi connectivity index (χ1) is 10.7. The van der Waals surface area contributed by atoms with Crippen molar-refractivity contribution in [2.45, 2.75) is 25.7 Å². The molecule has 1 aromatic carbocycles. The second kappa shape index (κ2) is 8.38. The molecule has 2 amide bonds. The smallest absolute Gasteiger partial charge is 0.323 e. The van der Waals surface area contributed by atoms with Gasteiger partial charge in [0.15, 0.2) is 0 Å². The van der Waals surface area contributed by atoms with Crippen molar-refractivity contribution < 1.29 is 14.3 Å². The van der Waals surface area contributed by atoms with E-state index in [1.165, 1.54) is 6.42 Å². The highest BCUT2D eigenvalue weighted by atomic mass is 16.5. The summed E-state index contributed by atoms with van der Waals surface area (Å²) in [6.07, 6.45) is 3.96. The molecule has 6 heteroatoms. The normalized spacial score (nSPS) is 15.1. The molecule has 0 spiro atoms. The molecule has 22 heavy (non-hydrogen) atoms. The molecule has 1 heterocycles. The van der Waals surface area contributed by atoms with E-state index in [1.54, 1.807) is 7.11 Å². The standard InChI is InChI=1S/C16H23N3O3/c1-22-14-7-5-13(6-8-14)9-10-17-15(20)16(21)18-19-11-3-2-4-12-19/h5-8H,2-4,9-12H2,1H3,(H,17,20)(H,18,21). The largest absolute Gasteiger partial charge is 0.497 e. The van der Waals surface area contributed by atoms with Crippen molar-refractivity contribution in [2.24, 2.45) is 0 Å². The fraction of sp³-hybridized carbons (Fsp3) is 0.500. The number of amides is 2. The number of methoxy groups -OCH3 is 1. The minimum atomic E-state index is -0.586. The first-order valence-electron chi connectivity index (χ1n) is 7.66. The summed E-state index contributed by atoms with van der Waals surface area (Å²) in [6, 6.07) is 7.64. The van der Waals surface area contributed by atoms with Crippen LogP contribution in [-0.2, 0) is 16.0 Å². The van der Waals surface area contributed by atoms with Crippen LogP contribution in [0.5, 0.6) is 5.75 Å². The number of piperidine rings is 1. The Morgan fingerprint density at radius 3 is 2.41 bits per heavy atom. The molecule has 1 fully saturated rings. The Bertz CT molecular complexity index is 496. The van der Waals surface area contributed by atoms with Gasteiger partial charge in [0.25, 0.3) is 0 Å². The predicted octanol–water partition coefficient (Wildman–Crippen LogP) is 0.871. The van der Waals surface area contributed by atoms with Crippen LogP contribution >= 0.6 is 0 Å². The Labute approximate surface area is 130 Å². The Hall–Kier alpha value is -2.08. The molecule has 0 atom stereocenters. The zero-order chi connectivity index (χ0) is 15.8. The molecule has 120 valence electrons. The SMILES string of the molecule is COc1ccc(CCNC(=O)C(=O)NN2CCCCC2)cc1. The van der Waals surface area contributed by atoms with Gasteiger partial charge < -0.3 is 10.1 Å². The molecule has 0 radical (unpaired) electrons. The Balaban J connectivity index is 1.68. The van der Waals surface area contributed by atoms with Gasteiger partial charge in [-0.05, 0) is 37.0 Å². The molecule has 2 rings (SSSR count). The predicted molar refractivity (Wildman–Crippen MR) is 83.3 cm³/mol. The van der Waals surface area contributed by atoms with Crippen LogP contribution in [0.3, 0.4) is 0 Å². The molecule has 0 saturated carbocycles. The highest BCUT2D eigenvalue weighted by Gasteiger charge is 2.17. The topological polar surface area (TPSA) is 70.7 Å². The van der Waals surface area contributed by atoms with Gasteiger partial charge in [0.05, 0.1) is 7.11 Å². The Kier molecular flexibility index (Phi) is 6.21. The molecule has 1 aliphatic rings. The average Bonchev–Trinajstić information content (AvgIpc) is 2.56. The zero-order valence-corrected chi connectivity index (χ0v) is 12.9. The van der Waals surface area contributed by atoms with Gasteiger partial charge in [-0.25, -0.2) is 5.01 Å². The van der Waals surface area contributed by atoms with Crippen molar-refractivity contribution in [1.82, 2.24) is 15.8 Å². The Morgan fingerprint density at radius 2 is 1.77 bits per heavy atom. The second-order valence-corrected chi connectivity index (χ2v) is 5.34. The number of hydrogen-bond acceptors (Lipinski definition) is 4. The number of carbonyl (C=O) groups excluding carboxylic acids is 2. The van der Waals surface area contributed by atoms with E-state index in [0.29, 0.717) is 13.0 Å². The van der Waals surface area contributed by atoms with Crippen molar-refractivity contribution >= 4 is 11.8 Å². The maximum Gasteiger partial charge on any atom is 0.323 e. The highest BCUT2D eigenvalue weighted by molar-refractivity contribution is 6.34. The first kappa shape index (κ1) is 16.3. The van der Waals surface area contributed by atoms with Crippen LogP contribution in [0, 0.1) is 0 Å². The van der Waals surface area contributed by atoms with Gasteiger partial charge in [-0.2, -0.15) is 0 Å². The second-order valence-electron chi connectivity index (χ2n) is 5.34. The van der Waals surface area contributed by atoms with Crippen LogP contribution in [0.2, 0.25) is 0 Å². The molecule has 0 bridgehead atoms. The third kappa shape index (κ3) is 5.04. The number of nitrogens with zero attached hydrogens (tertiary/aromatic N) is 1. The monoisotopic (exact) mass is 305 g/mol. The van der Waals surface area contributed by atoms with Crippen LogP contribution in [-0.4, -0.2) is 43.6 Å². The minimum Gasteiger partial charge on any atom is -0.497 e. The van der Waals surface area contributed by atoms with Crippen molar-refractivity contribution in [2.75, 3.05) is 26.7 Å². The fourth-order valence-electron chi connectivity index (χ4n) is 2.39. The molecule has 1 saturated heterocycles. The maximum atomic E-state index is 11.8. The van der Waals surface area contributed by atoms with Crippen LogP contribution in [0.4, 0.5) is 0 Å². The molecule has 0 aliphatic carbocycles. The third-order valence-corrected chi connectivity index (χ3v) is 3.68. The van der Waals surface area contributed by atoms with Crippen LogP contribution in [0.25, 0.3) is 0 Å². The molecule has 0 unspecified atom stereocenters. The summed E-state index contributed by atoms with van der Waals surface area (Å²) in [5.41, 5.74) is 3.73. The maximum absolute atomic E-state index is 11.8. The lowest BCUT2D eigenvalue weighted by molar-refractivity contribution is -0.142. The summed E-state index contributed by atoms with van der Waals surface area (Å²) in [4.78, 5) is 23.5. The Morgan fingerprint density at radius 1 is 1.09 bits per heavy atom. The third-order valence-electron chi connectivity index (χ3n) is 3.68. The molecular formula is C16H23N3O3. The average molecular weight is 305 g/mol. The van der Waals surface area contributed by atoms with E-state index in [9.17, 15) is 9.59 Å². The quantitative estimate of drug-likeness (QED) is 0.792. The fourth-order valence-corrected chi connectivity index (χ4v) is 2.39. The number of hydrogen-bond donors (Lipinski definition) is 2. The van der Waals surface area contributed by atoms with Gasteiger partial charge in [0.2, 0.25) is 0 Å². The van der Waals surface area contributed by atoms with Crippen LogP contribution in [0.1, 0.15) is 24.8 Å². The molecule has 1 aromatic rings. The van der Waals surface area contributed by atoms with E-state index in [0.717, 1.165) is 37.2 Å². The van der Waals surface area contributed by atoms with E-state index < -0.39 is 11.8 Å². The van der Waals surface area contributed by atoms with Crippen molar-refractivity contribution in [3.05, 3.63) is 29.8 Å². The number of nitrogens with one attached hydrogen (secondary N) is 2. The van der Waals surface area contributed by atoms with E-state index >= 15 is 0 Å².